The van der Waals surface area contributed by atoms with Crippen LogP contribution < -0.4 is 5.32 Å². The Kier molecular flexibility index (Phi) is 6.30. The van der Waals surface area contributed by atoms with Gasteiger partial charge in [0, 0.05) is 50.0 Å². The molecule has 2 aromatic heterocycles. The first-order valence-electron chi connectivity index (χ1n) is 6.90. The van der Waals surface area contributed by atoms with Crippen LogP contribution in [0, 0.1) is 0 Å². The van der Waals surface area contributed by atoms with Crippen LogP contribution in [-0.2, 0) is 16.0 Å². The molecule has 2 rings (SSSR count). The number of nitrogens with zero attached hydrogens (tertiary/aromatic N) is 2. The van der Waals surface area contributed by atoms with Crippen LogP contribution >= 0.6 is 11.3 Å². The lowest BCUT2D eigenvalue weighted by Gasteiger charge is -2.03. The third-order valence-corrected chi connectivity index (χ3v) is 3.86. The van der Waals surface area contributed by atoms with Gasteiger partial charge in [-0.1, -0.05) is 0 Å². The Balaban J connectivity index is 1.77. The molecule has 5 nitrogen and oxygen atoms in total. The summed E-state index contributed by atoms with van der Waals surface area (Å²) in [4.78, 5) is 20.3. The van der Waals surface area contributed by atoms with Crippen molar-refractivity contribution in [3.63, 3.8) is 0 Å². The van der Waals surface area contributed by atoms with E-state index in [1.807, 2.05) is 17.5 Å². The SMILES string of the molecule is COCCCNC(=O)CCc1csc(-c2cccnc2)n1. The zero-order valence-electron chi connectivity index (χ0n) is 12.0. The lowest BCUT2D eigenvalue weighted by atomic mass is 10.2. The van der Waals surface area contributed by atoms with E-state index in [-0.39, 0.29) is 5.91 Å². The number of hydrogen-bond donors (Lipinski definition) is 1. The van der Waals surface area contributed by atoms with Crippen molar-refractivity contribution in [1.82, 2.24) is 15.3 Å². The second-order valence-corrected chi connectivity index (χ2v) is 5.44. The van der Waals surface area contributed by atoms with E-state index in [9.17, 15) is 4.79 Å². The zero-order chi connectivity index (χ0) is 14.9. The molecule has 0 aliphatic rings. The van der Waals surface area contributed by atoms with Crippen molar-refractivity contribution in [2.75, 3.05) is 20.3 Å². The van der Waals surface area contributed by atoms with E-state index in [1.54, 1.807) is 30.8 Å². The van der Waals surface area contributed by atoms with Gasteiger partial charge in [0.05, 0.1) is 5.69 Å². The summed E-state index contributed by atoms with van der Waals surface area (Å²) >= 11 is 1.58. The van der Waals surface area contributed by atoms with Gasteiger partial charge >= 0.3 is 0 Å². The Hall–Kier alpha value is -1.79. The highest BCUT2D eigenvalue weighted by Gasteiger charge is 2.07. The molecule has 0 radical (unpaired) electrons. The first kappa shape index (κ1) is 15.6. The normalized spacial score (nSPS) is 10.5. The van der Waals surface area contributed by atoms with Crippen molar-refractivity contribution in [2.24, 2.45) is 0 Å². The number of thiazole rings is 1. The predicted octanol–water partition coefficient (Wildman–Crippen LogP) is 2.29. The van der Waals surface area contributed by atoms with E-state index >= 15 is 0 Å². The molecule has 2 heterocycles. The Morgan fingerprint density at radius 1 is 1.48 bits per heavy atom. The molecule has 0 spiro atoms. The van der Waals surface area contributed by atoms with Crippen LogP contribution in [0.25, 0.3) is 10.6 Å². The van der Waals surface area contributed by atoms with E-state index in [4.69, 9.17) is 4.74 Å². The van der Waals surface area contributed by atoms with Crippen molar-refractivity contribution in [2.45, 2.75) is 19.3 Å². The molecule has 0 saturated carbocycles. The number of rotatable bonds is 8. The lowest BCUT2D eigenvalue weighted by Crippen LogP contribution is -2.25. The molecular formula is C15H19N3O2S. The van der Waals surface area contributed by atoms with E-state index in [1.165, 1.54) is 0 Å². The number of nitrogens with one attached hydrogen (secondary N) is 1. The van der Waals surface area contributed by atoms with Crippen molar-refractivity contribution < 1.29 is 9.53 Å². The molecule has 0 atom stereocenters. The van der Waals surface area contributed by atoms with Crippen LogP contribution in [-0.4, -0.2) is 36.1 Å². The highest BCUT2D eigenvalue weighted by atomic mass is 32.1. The highest BCUT2D eigenvalue weighted by molar-refractivity contribution is 7.13. The minimum absolute atomic E-state index is 0.0574. The number of amides is 1. The van der Waals surface area contributed by atoms with Gasteiger partial charge < -0.3 is 10.1 Å². The van der Waals surface area contributed by atoms with Crippen LogP contribution in [0.5, 0.6) is 0 Å². The third-order valence-electron chi connectivity index (χ3n) is 2.92. The number of aryl methyl sites for hydroxylation is 1. The molecule has 0 saturated heterocycles. The number of hydrogen-bond acceptors (Lipinski definition) is 5. The topological polar surface area (TPSA) is 64.1 Å². The first-order valence-corrected chi connectivity index (χ1v) is 7.78. The maximum atomic E-state index is 11.7. The van der Waals surface area contributed by atoms with E-state index in [0.717, 1.165) is 22.7 Å². The number of methoxy groups -OCH3 is 1. The minimum atomic E-state index is 0.0574. The molecule has 112 valence electrons. The summed E-state index contributed by atoms with van der Waals surface area (Å²) in [6.45, 7) is 1.32. The summed E-state index contributed by atoms with van der Waals surface area (Å²) in [5.41, 5.74) is 1.96. The van der Waals surface area contributed by atoms with Gasteiger partial charge in [-0.05, 0) is 25.0 Å². The summed E-state index contributed by atoms with van der Waals surface area (Å²) < 4.78 is 4.93. The summed E-state index contributed by atoms with van der Waals surface area (Å²) in [6.07, 6.45) is 5.50. The average Bonchev–Trinajstić information content (AvgIpc) is 2.99. The average molecular weight is 305 g/mol. The van der Waals surface area contributed by atoms with Crippen molar-refractivity contribution in [3.8, 4) is 10.6 Å². The standard InChI is InChI=1S/C15H19N3O2S/c1-20-9-3-8-17-14(19)6-5-13-11-21-15(18-13)12-4-2-7-16-10-12/h2,4,7,10-11H,3,5-6,8-9H2,1H3,(H,17,19). The number of carbonyl (C=O) groups excluding carboxylic acids is 1. The van der Waals surface area contributed by atoms with Gasteiger partial charge in [0.15, 0.2) is 0 Å². The fourth-order valence-electron chi connectivity index (χ4n) is 1.82. The van der Waals surface area contributed by atoms with Gasteiger partial charge in [-0.15, -0.1) is 11.3 Å². The van der Waals surface area contributed by atoms with Gasteiger partial charge in [-0.2, -0.15) is 0 Å². The fourth-order valence-corrected chi connectivity index (χ4v) is 2.66. The molecule has 6 heteroatoms. The quantitative estimate of drug-likeness (QED) is 0.760. The first-order chi connectivity index (χ1) is 10.3. The Morgan fingerprint density at radius 3 is 3.14 bits per heavy atom. The second-order valence-electron chi connectivity index (χ2n) is 4.58. The fraction of sp³-hybridized carbons (Fsp3) is 0.400. The number of pyridine rings is 1. The monoisotopic (exact) mass is 305 g/mol. The predicted molar refractivity (Wildman–Crippen MR) is 83.2 cm³/mol. The molecule has 21 heavy (non-hydrogen) atoms. The third kappa shape index (κ3) is 5.24. The summed E-state index contributed by atoms with van der Waals surface area (Å²) in [5, 5.41) is 5.82. The van der Waals surface area contributed by atoms with Crippen LogP contribution in [0.3, 0.4) is 0 Å². The summed E-state index contributed by atoms with van der Waals surface area (Å²) in [6, 6.07) is 3.88. The van der Waals surface area contributed by atoms with Crippen LogP contribution in [0.1, 0.15) is 18.5 Å². The number of aromatic nitrogens is 2. The molecule has 0 aliphatic carbocycles. The van der Waals surface area contributed by atoms with Gasteiger partial charge in [0.1, 0.15) is 5.01 Å². The molecule has 0 fully saturated rings. The molecule has 0 unspecified atom stereocenters. The van der Waals surface area contributed by atoms with E-state index in [2.05, 4.69) is 15.3 Å². The van der Waals surface area contributed by atoms with Gasteiger partial charge in [0.2, 0.25) is 5.91 Å². The van der Waals surface area contributed by atoms with Gasteiger partial charge in [-0.3, -0.25) is 9.78 Å². The zero-order valence-corrected chi connectivity index (χ0v) is 12.9. The molecule has 2 aromatic rings. The van der Waals surface area contributed by atoms with Crippen LogP contribution in [0.4, 0.5) is 0 Å². The Morgan fingerprint density at radius 2 is 2.38 bits per heavy atom. The summed E-state index contributed by atoms with van der Waals surface area (Å²) in [7, 11) is 1.66. The largest absolute Gasteiger partial charge is 0.385 e. The van der Waals surface area contributed by atoms with Crippen molar-refractivity contribution in [3.05, 3.63) is 35.6 Å². The molecule has 0 aromatic carbocycles. The lowest BCUT2D eigenvalue weighted by molar-refractivity contribution is -0.121. The second kappa shape index (κ2) is 8.49. The molecular weight excluding hydrogens is 286 g/mol. The summed E-state index contributed by atoms with van der Waals surface area (Å²) in [5.74, 6) is 0.0574. The highest BCUT2D eigenvalue weighted by Crippen LogP contribution is 2.23. The maximum absolute atomic E-state index is 11.7. The van der Waals surface area contributed by atoms with E-state index in [0.29, 0.717) is 26.0 Å². The maximum Gasteiger partial charge on any atom is 0.220 e. The van der Waals surface area contributed by atoms with Crippen LogP contribution in [0.15, 0.2) is 29.9 Å². The van der Waals surface area contributed by atoms with Crippen molar-refractivity contribution in [1.29, 1.82) is 0 Å². The van der Waals surface area contributed by atoms with E-state index < -0.39 is 0 Å². The molecule has 0 aliphatic heterocycles. The van der Waals surface area contributed by atoms with Gasteiger partial charge in [-0.25, -0.2) is 4.98 Å². The van der Waals surface area contributed by atoms with Crippen molar-refractivity contribution >= 4 is 17.2 Å². The van der Waals surface area contributed by atoms with Gasteiger partial charge in [0.25, 0.3) is 0 Å². The molecule has 0 bridgehead atoms. The number of ether oxygens (including phenoxy) is 1. The smallest absolute Gasteiger partial charge is 0.220 e. The Labute approximate surface area is 128 Å². The number of carbonyl (C=O) groups is 1. The minimum Gasteiger partial charge on any atom is -0.385 e. The molecule has 1 amide bonds. The Bertz CT molecular complexity index is 557. The molecule has 1 N–H and O–H groups in total. The van der Waals surface area contributed by atoms with Crippen LogP contribution in [0.2, 0.25) is 0 Å².